The van der Waals surface area contributed by atoms with Crippen molar-refractivity contribution in [3.63, 3.8) is 0 Å². The molecule has 0 aromatic carbocycles. The Morgan fingerprint density at radius 1 is 1.29 bits per heavy atom. The molecule has 1 aliphatic heterocycles. The van der Waals surface area contributed by atoms with Crippen LogP contribution >= 0.6 is 0 Å². The maximum atomic E-state index is 12.6. The molecule has 0 spiro atoms. The van der Waals surface area contributed by atoms with Crippen LogP contribution in [-0.4, -0.2) is 52.7 Å². The van der Waals surface area contributed by atoms with E-state index in [9.17, 15) is 9.59 Å². The van der Waals surface area contributed by atoms with Gasteiger partial charge in [-0.05, 0) is 31.4 Å². The summed E-state index contributed by atoms with van der Waals surface area (Å²) in [6.45, 7) is 2.12. The van der Waals surface area contributed by atoms with E-state index >= 15 is 0 Å². The smallest absolute Gasteiger partial charge is 0.354 e. The van der Waals surface area contributed by atoms with Crippen LogP contribution in [0.3, 0.4) is 0 Å². The van der Waals surface area contributed by atoms with Gasteiger partial charge in [0.2, 0.25) is 0 Å². The zero-order valence-electron chi connectivity index (χ0n) is 11.7. The highest BCUT2D eigenvalue weighted by atomic mass is 16.5. The van der Waals surface area contributed by atoms with Crippen molar-refractivity contribution in [1.29, 1.82) is 0 Å². The molecule has 2 heterocycles. The van der Waals surface area contributed by atoms with Crippen molar-refractivity contribution < 1.29 is 19.4 Å². The summed E-state index contributed by atoms with van der Waals surface area (Å²) in [6, 6.07) is 4.81. The predicted molar refractivity (Wildman–Crippen MR) is 74.2 cm³/mol. The van der Waals surface area contributed by atoms with Crippen molar-refractivity contribution in [1.82, 2.24) is 9.88 Å². The Labute approximate surface area is 122 Å². The van der Waals surface area contributed by atoms with Crippen molar-refractivity contribution in [2.45, 2.75) is 25.3 Å². The molecule has 1 N–H and O–H groups in total. The summed E-state index contributed by atoms with van der Waals surface area (Å²) >= 11 is 0. The van der Waals surface area contributed by atoms with Crippen LogP contribution in [0.2, 0.25) is 0 Å². The number of carboxylic acids is 1. The molecule has 1 aromatic heterocycles. The number of rotatable bonds is 5. The van der Waals surface area contributed by atoms with Crippen molar-refractivity contribution >= 4 is 11.9 Å². The molecule has 1 saturated heterocycles. The van der Waals surface area contributed by atoms with Crippen molar-refractivity contribution in [2.24, 2.45) is 5.92 Å². The summed E-state index contributed by atoms with van der Waals surface area (Å²) < 4.78 is 5.36. The number of carboxylic acid groups (broad SMARTS) is 1. The summed E-state index contributed by atoms with van der Waals surface area (Å²) in [5, 5.41) is 8.98. The Kier molecular flexibility index (Phi) is 3.88. The van der Waals surface area contributed by atoms with E-state index < -0.39 is 5.97 Å². The number of carbonyl (C=O) groups is 2. The summed E-state index contributed by atoms with van der Waals surface area (Å²) in [6.07, 6.45) is 3.00. The molecule has 2 fully saturated rings. The van der Waals surface area contributed by atoms with Crippen LogP contribution in [0, 0.1) is 5.92 Å². The number of pyridine rings is 1. The molecule has 1 atom stereocenters. The Balaban J connectivity index is 1.77. The van der Waals surface area contributed by atoms with Crippen LogP contribution in [0.4, 0.5) is 0 Å². The van der Waals surface area contributed by atoms with Crippen LogP contribution in [0.5, 0.6) is 0 Å². The first-order chi connectivity index (χ1) is 10.1. The predicted octanol–water partition coefficient (Wildman–Crippen LogP) is 1.42. The fraction of sp³-hybridized carbons (Fsp3) is 0.533. The van der Waals surface area contributed by atoms with E-state index in [1.165, 1.54) is 6.07 Å². The fourth-order valence-electron chi connectivity index (χ4n) is 2.61. The molecular weight excluding hydrogens is 272 g/mol. The highest BCUT2D eigenvalue weighted by Gasteiger charge is 2.35. The second kappa shape index (κ2) is 5.81. The van der Waals surface area contributed by atoms with Gasteiger partial charge in [-0.2, -0.15) is 0 Å². The maximum absolute atomic E-state index is 12.6. The van der Waals surface area contributed by atoms with E-state index in [0.717, 1.165) is 25.9 Å². The second-order valence-electron chi connectivity index (χ2n) is 5.63. The third kappa shape index (κ3) is 3.21. The first-order valence-electron chi connectivity index (χ1n) is 7.24. The van der Waals surface area contributed by atoms with Gasteiger partial charge in [-0.15, -0.1) is 0 Å². The number of nitrogens with zero attached hydrogens (tertiary/aromatic N) is 2. The van der Waals surface area contributed by atoms with E-state index in [1.54, 1.807) is 12.1 Å². The second-order valence-corrected chi connectivity index (χ2v) is 5.63. The Morgan fingerprint density at radius 3 is 2.67 bits per heavy atom. The van der Waals surface area contributed by atoms with Crippen LogP contribution in [0.15, 0.2) is 18.2 Å². The van der Waals surface area contributed by atoms with E-state index in [0.29, 0.717) is 19.1 Å². The van der Waals surface area contributed by atoms with E-state index in [2.05, 4.69) is 4.98 Å². The number of aromatic carboxylic acids is 1. The highest BCUT2D eigenvalue weighted by Crippen LogP contribution is 2.30. The summed E-state index contributed by atoms with van der Waals surface area (Å²) in [5.74, 6) is -0.920. The largest absolute Gasteiger partial charge is 0.477 e. The van der Waals surface area contributed by atoms with Crippen LogP contribution < -0.4 is 0 Å². The summed E-state index contributed by atoms with van der Waals surface area (Å²) in [4.78, 5) is 29.4. The quantitative estimate of drug-likeness (QED) is 0.887. The molecule has 112 valence electrons. The first-order valence-corrected chi connectivity index (χ1v) is 7.24. The molecular formula is C15H18N2O4. The maximum Gasteiger partial charge on any atom is 0.354 e. The Morgan fingerprint density at radius 2 is 2.05 bits per heavy atom. The van der Waals surface area contributed by atoms with Gasteiger partial charge in [0.15, 0.2) is 0 Å². The lowest BCUT2D eigenvalue weighted by Gasteiger charge is -2.24. The van der Waals surface area contributed by atoms with Gasteiger partial charge in [-0.1, -0.05) is 6.07 Å². The minimum absolute atomic E-state index is 0.0965. The van der Waals surface area contributed by atoms with Gasteiger partial charge in [-0.25, -0.2) is 9.78 Å². The Hall–Kier alpha value is -1.95. The number of carbonyl (C=O) groups excluding carboxylic acids is 1. The molecule has 1 aliphatic carbocycles. The zero-order valence-corrected chi connectivity index (χ0v) is 11.7. The lowest BCUT2D eigenvalue weighted by atomic mass is 10.1. The molecule has 0 bridgehead atoms. The minimum atomic E-state index is -1.12. The monoisotopic (exact) mass is 290 g/mol. The topological polar surface area (TPSA) is 79.7 Å². The number of amides is 1. The highest BCUT2D eigenvalue weighted by molar-refractivity contribution is 5.94. The standard InChI is InChI=1S/C15H18N2O4/c18-14(12-2-1-3-13(16-12)15(19)20)17(11-4-5-11)8-10-6-7-21-9-10/h1-3,10-11H,4-9H2,(H,19,20). The molecule has 6 nitrogen and oxygen atoms in total. The molecule has 3 rings (SSSR count). The third-order valence-electron chi connectivity index (χ3n) is 3.91. The Bertz CT molecular complexity index is 550. The number of hydrogen-bond acceptors (Lipinski definition) is 4. The van der Waals surface area contributed by atoms with Crippen LogP contribution in [-0.2, 0) is 4.74 Å². The van der Waals surface area contributed by atoms with Crippen LogP contribution in [0.25, 0.3) is 0 Å². The minimum Gasteiger partial charge on any atom is -0.477 e. The first kappa shape index (κ1) is 14.0. The van der Waals surface area contributed by atoms with Gasteiger partial charge < -0.3 is 14.7 Å². The lowest BCUT2D eigenvalue weighted by molar-refractivity contribution is 0.0687. The molecule has 2 aliphatic rings. The molecule has 6 heteroatoms. The fourth-order valence-corrected chi connectivity index (χ4v) is 2.61. The van der Waals surface area contributed by atoms with E-state index in [1.807, 2.05) is 4.90 Å². The number of hydrogen-bond donors (Lipinski definition) is 1. The third-order valence-corrected chi connectivity index (χ3v) is 3.91. The number of aromatic nitrogens is 1. The number of ether oxygens (including phenoxy) is 1. The normalized spacial score (nSPS) is 21.2. The van der Waals surface area contributed by atoms with Gasteiger partial charge in [0.1, 0.15) is 11.4 Å². The lowest BCUT2D eigenvalue weighted by Crippen LogP contribution is -2.38. The average Bonchev–Trinajstić information content (AvgIpc) is 3.20. The van der Waals surface area contributed by atoms with Gasteiger partial charge >= 0.3 is 5.97 Å². The zero-order chi connectivity index (χ0) is 14.8. The van der Waals surface area contributed by atoms with Gasteiger partial charge in [0.05, 0.1) is 6.61 Å². The van der Waals surface area contributed by atoms with Crippen molar-refractivity contribution in [3.05, 3.63) is 29.6 Å². The summed E-state index contributed by atoms with van der Waals surface area (Å²) in [5.41, 5.74) is 0.113. The van der Waals surface area contributed by atoms with E-state index in [-0.39, 0.29) is 23.3 Å². The molecule has 0 radical (unpaired) electrons. The molecule has 1 saturated carbocycles. The molecule has 1 unspecified atom stereocenters. The molecule has 1 aromatic rings. The van der Waals surface area contributed by atoms with Gasteiger partial charge in [-0.3, -0.25) is 4.79 Å². The van der Waals surface area contributed by atoms with Crippen molar-refractivity contribution in [2.75, 3.05) is 19.8 Å². The average molecular weight is 290 g/mol. The van der Waals surface area contributed by atoms with Gasteiger partial charge in [0.25, 0.3) is 5.91 Å². The summed E-state index contributed by atoms with van der Waals surface area (Å²) in [7, 11) is 0. The SMILES string of the molecule is O=C(O)c1cccc(C(=O)N(CC2CCOC2)C2CC2)n1. The van der Waals surface area contributed by atoms with E-state index in [4.69, 9.17) is 9.84 Å². The van der Waals surface area contributed by atoms with Gasteiger partial charge in [0, 0.05) is 25.1 Å². The van der Waals surface area contributed by atoms with Crippen molar-refractivity contribution in [3.8, 4) is 0 Å². The van der Waals surface area contributed by atoms with Crippen LogP contribution in [0.1, 0.15) is 40.2 Å². The molecule has 1 amide bonds. The molecule has 21 heavy (non-hydrogen) atoms.